The van der Waals surface area contributed by atoms with E-state index in [-0.39, 0.29) is 17.4 Å². The fourth-order valence-corrected chi connectivity index (χ4v) is 5.49. The predicted molar refractivity (Wildman–Crippen MR) is 135 cm³/mol. The highest BCUT2D eigenvalue weighted by Crippen LogP contribution is 2.37. The van der Waals surface area contributed by atoms with E-state index in [1.54, 1.807) is 6.07 Å². The van der Waals surface area contributed by atoms with Crippen molar-refractivity contribution in [1.82, 2.24) is 9.88 Å². The van der Waals surface area contributed by atoms with Crippen LogP contribution in [0.15, 0.2) is 53.3 Å². The van der Waals surface area contributed by atoms with Crippen molar-refractivity contribution in [2.45, 2.75) is 32.6 Å². The van der Waals surface area contributed by atoms with Crippen LogP contribution in [0.5, 0.6) is 0 Å². The first-order valence-corrected chi connectivity index (χ1v) is 12.3. The van der Waals surface area contributed by atoms with Gasteiger partial charge in [0.05, 0.1) is 5.92 Å². The maximum Gasteiger partial charge on any atom is 0.272 e. The standard InChI is InChI=1S/C27H30ClN3O2/c1-18-11-14-30(15-12-18)27(33)20-8-5-13-31(17-20)25-24(19-6-3-2-4-7-19)22-16-21(28)9-10-23(22)29-26(25)32/h2-4,6-7,9-10,16,18,20H,5,8,11-15,17H2,1H3,(H,29,32)/t20-/m1/s1. The van der Waals surface area contributed by atoms with Gasteiger partial charge in [-0.2, -0.15) is 0 Å². The number of carbonyl (C=O) groups excluding carboxylic acids is 1. The average molecular weight is 464 g/mol. The number of hydrogen-bond acceptors (Lipinski definition) is 3. The minimum atomic E-state index is -0.122. The summed E-state index contributed by atoms with van der Waals surface area (Å²) in [6.45, 7) is 5.28. The lowest BCUT2D eigenvalue weighted by atomic mass is 9.92. The van der Waals surface area contributed by atoms with Gasteiger partial charge in [0.15, 0.2) is 0 Å². The van der Waals surface area contributed by atoms with Crippen LogP contribution in [0.25, 0.3) is 22.0 Å². The van der Waals surface area contributed by atoms with Crippen molar-refractivity contribution in [3.8, 4) is 11.1 Å². The lowest BCUT2D eigenvalue weighted by Crippen LogP contribution is -2.48. The number of hydrogen-bond donors (Lipinski definition) is 1. The molecule has 5 nitrogen and oxygen atoms in total. The molecule has 172 valence electrons. The molecule has 0 aliphatic carbocycles. The largest absolute Gasteiger partial charge is 0.366 e. The van der Waals surface area contributed by atoms with Gasteiger partial charge in [0.2, 0.25) is 5.91 Å². The third kappa shape index (κ3) is 4.39. The highest BCUT2D eigenvalue weighted by Gasteiger charge is 2.33. The number of likely N-dealkylation sites (tertiary alicyclic amines) is 1. The van der Waals surface area contributed by atoms with Gasteiger partial charge in [-0.15, -0.1) is 0 Å². The number of H-pyrrole nitrogens is 1. The molecule has 0 spiro atoms. The highest BCUT2D eigenvalue weighted by atomic mass is 35.5. The summed E-state index contributed by atoms with van der Waals surface area (Å²) >= 11 is 6.36. The molecule has 0 bridgehead atoms. The number of halogens is 1. The van der Waals surface area contributed by atoms with Gasteiger partial charge < -0.3 is 14.8 Å². The molecule has 2 aliphatic heterocycles. The van der Waals surface area contributed by atoms with Crippen molar-refractivity contribution >= 4 is 34.1 Å². The van der Waals surface area contributed by atoms with Gasteiger partial charge >= 0.3 is 0 Å². The van der Waals surface area contributed by atoms with Crippen LogP contribution in [-0.4, -0.2) is 42.0 Å². The molecule has 2 aromatic carbocycles. The molecular formula is C27H30ClN3O2. The second-order valence-electron chi connectivity index (χ2n) is 9.53. The number of aromatic amines is 1. The summed E-state index contributed by atoms with van der Waals surface area (Å²) in [6.07, 6.45) is 3.91. The van der Waals surface area contributed by atoms with Gasteiger partial charge in [0.1, 0.15) is 5.69 Å². The Kier molecular flexibility index (Phi) is 6.15. The predicted octanol–water partition coefficient (Wildman–Crippen LogP) is 5.32. The lowest BCUT2D eigenvalue weighted by Gasteiger charge is -2.38. The second kappa shape index (κ2) is 9.22. The van der Waals surface area contributed by atoms with E-state index in [9.17, 15) is 9.59 Å². The summed E-state index contributed by atoms with van der Waals surface area (Å²) in [5, 5.41) is 1.55. The number of rotatable bonds is 3. The van der Waals surface area contributed by atoms with Crippen molar-refractivity contribution < 1.29 is 4.79 Å². The van der Waals surface area contributed by atoms with Gasteiger partial charge in [-0.25, -0.2) is 0 Å². The summed E-state index contributed by atoms with van der Waals surface area (Å²) < 4.78 is 0. The minimum absolute atomic E-state index is 0.0785. The van der Waals surface area contributed by atoms with E-state index in [2.05, 4.69) is 16.8 Å². The maximum atomic E-state index is 13.4. The number of nitrogens with one attached hydrogen (secondary N) is 1. The molecule has 1 amide bonds. The van der Waals surface area contributed by atoms with Crippen LogP contribution in [0.1, 0.15) is 32.6 Å². The molecule has 1 atom stereocenters. The monoisotopic (exact) mass is 463 g/mol. The molecule has 3 aromatic rings. The Morgan fingerprint density at radius 1 is 1.03 bits per heavy atom. The van der Waals surface area contributed by atoms with Crippen molar-refractivity contribution in [2.75, 3.05) is 31.1 Å². The number of aromatic nitrogens is 1. The van der Waals surface area contributed by atoms with Crippen LogP contribution in [0.3, 0.4) is 0 Å². The number of pyridine rings is 1. The third-order valence-corrected chi connectivity index (χ3v) is 7.43. The molecule has 33 heavy (non-hydrogen) atoms. The Balaban J connectivity index is 1.54. The van der Waals surface area contributed by atoms with E-state index < -0.39 is 0 Å². The molecule has 2 fully saturated rings. The zero-order chi connectivity index (χ0) is 22.9. The first kappa shape index (κ1) is 22.0. The fourth-order valence-electron chi connectivity index (χ4n) is 5.32. The fraction of sp³-hybridized carbons (Fsp3) is 0.407. The van der Waals surface area contributed by atoms with Crippen LogP contribution >= 0.6 is 11.6 Å². The first-order chi connectivity index (χ1) is 16.0. The van der Waals surface area contributed by atoms with E-state index in [1.165, 1.54) is 0 Å². The second-order valence-corrected chi connectivity index (χ2v) is 9.96. The zero-order valence-electron chi connectivity index (χ0n) is 19.0. The molecule has 2 aliphatic rings. The van der Waals surface area contributed by atoms with Crippen LogP contribution in [0.4, 0.5) is 5.69 Å². The Morgan fingerprint density at radius 3 is 2.55 bits per heavy atom. The molecule has 1 N–H and O–H groups in total. The quantitative estimate of drug-likeness (QED) is 0.571. The van der Waals surface area contributed by atoms with E-state index in [1.807, 2.05) is 47.4 Å². The van der Waals surface area contributed by atoms with Crippen molar-refractivity contribution in [3.63, 3.8) is 0 Å². The van der Waals surface area contributed by atoms with Crippen molar-refractivity contribution in [1.29, 1.82) is 0 Å². The number of carbonyl (C=O) groups is 1. The molecule has 0 unspecified atom stereocenters. The molecule has 3 heterocycles. The van der Waals surface area contributed by atoms with E-state index in [4.69, 9.17) is 11.6 Å². The Hall–Kier alpha value is -2.79. The van der Waals surface area contributed by atoms with Crippen LogP contribution < -0.4 is 10.5 Å². The topological polar surface area (TPSA) is 56.4 Å². The molecule has 0 radical (unpaired) electrons. The van der Waals surface area contributed by atoms with Gasteiger partial charge in [-0.3, -0.25) is 9.59 Å². The molecule has 6 heteroatoms. The molecule has 5 rings (SSSR count). The van der Waals surface area contributed by atoms with Crippen LogP contribution in [0.2, 0.25) is 5.02 Å². The summed E-state index contributed by atoms with van der Waals surface area (Å²) in [7, 11) is 0. The lowest BCUT2D eigenvalue weighted by molar-refractivity contribution is -0.137. The summed E-state index contributed by atoms with van der Waals surface area (Å²) in [5.74, 6) is 0.853. The third-order valence-electron chi connectivity index (χ3n) is 7.20. The SMILES string of the molecule is CC1CCN(C(=O)[C@@H]2CCCN(c3c(-c4ccccc4)c4cc(Cl)ccc4[nH]c3=O)C2)CC1. The highest BCUT2D eigenvalue weighted by molar-refractivity contribution is 6.31. The van der Waals surface area contributed by atoms with Crippen molar-refractivity contribution in [2.24, 2.45) is 11.8 Å². The number of fused-ring (bicyclic) bond motifs is 1. The summed E-state index contributed by atoms with van der Waals surface area (Å²) in [5.41, 5.74) is 3.14. The zero-order valence-corrected chi connectivity index (χ0v) is 19.8. The van der Waals surface area contributed by atoms with E-state index in [0.717, 1.165) is 67.3 Å². The summed E-state index contributed by atoms with van der Waals surface area (Å²) in [4.78, 5) is 33.9. The maximum absolute atomic E-state index is 13.4. The first-order valence-electron chi connectivity index (χ1n) is 12.0. The molecule has 2 saturated heterocycles. The Bertz CT molecular complexity index is 1220. The van der Waals surface area contributed by atoms with Gasteiger partial charge in [-0.05, 0) is 55.4 Å². The number of anilines is 1. The number of nitrogens with zero attached hydrogens (tertiary/aromatic N) is 2. The molecule has 1 aromatic heterocycles. The smallest absolute Gasteiger partial charge is 0.272 e. The van der Waals surface area contributed by atoms with Crippen LogP contribution in [-0.2, 0) is 4.79 Å². The van der Waals surface area contributed by atoms with Crippen molar-refractivity contribution in [3.05, 3.63) is 63.9 Å². The van der Waals surface area contributed by atoms with Gasteiger partial charge in [0.25, 0.3) is 5.56 Å². The van der Waals surface area contributed by atoms with Crippen LogP contribution in [0, 0.1) is 11.8 Å². The average Bonchev–Trinajstić information content (AvgIpc) is 2.84. The normalized spacial score (nSPS) is 19.8. The number of piperidine rings is 2. The number of benzene rings is 2. The Morgan fingerprint density at radius 2 is 1.79 bits per heavy atom. The Labute approximate surface area is 199 Å². The minimum Gasteiger partial charge on any atom is -0.366 e. The summed E-state index contributed by atoms with van der Waals surface area (Å²) in [6, 6.07) is 15.6. The van der Waals surface area contributed by atoms with Gasteiger partial charge in [0, 0.05) is 47.7 Å². The van der Waals surface area contributed by atoms with Gasteiger partial charge in [-0.1, -0.05) is 48.9 Å². The molecule has 0 saturated carbocycles. The van der Waals surface area contributed by atoms with E-state index in [0.29, 0.717) is 23.2 Å². The van der Waals surface area contributed by atoms with E-state index >= 15 is 0 Å². The number of amides is 1. The molecular weight excluding hydrogens is 434 g/mol.